The molecule has 0 bridgehead atoms. The molecule has 5 fully saturated rings. The predicted octanol–water partition coefficient (Wildman–Crippen LogP) is 6.14. The molecule has 6 rings (SSSR count). The number of aliphatic hydroxyl groups is 2. The van der Waals surface area contributed by atoms with Crippen LogP contribution in [0.1, 0.15) is 116 Å². The summed E-state index contributed by atoms with van der Waals surface area (Å²) in [4.78, 5) is 0. The van der Waals surface area contributed by atoms with Crippen LogP contribution in [-0.2, 0) is 6.42 Å². The summed E-state index contributed by atoms with van der Waals surface area (Å²) in [5.41, 5.74) is 0.608. The minimum Gasteiger partial charge on any atom is -0.425 e. The van der Waals surface area contributed by atoms with Gasteiger partial charge in [0, 0.05) is 12.3 Å². The first-order valence-corrected chi connectivity index (χ1v) is 14.9. The van der Waals surface area contributed by atoms with Crippen LogP contribution in [0.5, 0.6) is 0 Å². The van der Waals surface area contributed by atoms with Gasteiger partial charge < -0.3 is 14.6 Å². The summed E-state index contributed by atoms with van der Waals surface area (Å²) in [7, 11) is 0. The van der Waals surface area contributed by atoms with Gasteiger partial charge in [0.25, 0.3) is 0 Å². The Bertz CT molecular complexity index is 913. The molecule has 0 radical (unpaired) electrons. The summed E-state index contributed by atoms with van der Waals surface area (Å²) in [5, 5.41) is 31.0. The van der Waals surface area contributed by atoms with Gasteiger partial charge in [0.1, 0.15) is 0 Å². The molecule has 0 saturated heterocycles. The highest BCUT2D eigenvalue weighted by molar-refractivity contribution is 5.13. The molecule has 0 amide bonds. The fourth-order valence-electron chi connectivity index (χ4n) is 10.3. The highest BCUT2D eigenvalue weighted by Crippen LogP contribution is 2.69. The van der Waals surface area contributed by atoms with E-state index in [2.05, 4.69) is 37.9 Å². The van der Waals surface area contributed by atoms with Crippen molar-refractivity contribution in [3.63, 3.8) is 0 Å². The number of nitrogens with zero attached hydrogens (tertiary/aromatic N) is 2. The van der Waals surface area contributed by atoms with Crippen molar-refractivity contribution >= 4 is 0 Å². The van der Waals surface area contributed by atoms with Gasteiger partial charge in [0.2, 0.25) is 11.8 Å². The predicted molar refractivity (Wildman–Crippen MR) is 136 cm³/mol. The molecule has 1 aromatic rings. The van der Waals surface area contributed by atoms with Crippen LogP contribution < -0.4 is 0 Å². The van der Waals surface area contributed by atoms with Gasteiger partial charge in [0.05, 0.1) is 12.2 Å². The van der Waals surface area contributed by atoms with Gasteiger partial charge in [-0.1, -0.05) is 34.1 Å². The van der Waals surface area contributed by atoms with Gasteiger partial charge in [-0.2, -0.15) is 0 Å². The standard InChI is InChI=1S/C30H48N2O3/c1-5-20-24-16-19(33)12-14-30(24,4)23-13-15-29(3)21(9-10-22(29)26(23)27(20)34)17(2)6-11-25-31-32-28(35-25)18-7-8-18/h17-24,26-27,33-34H,5-16H2,1-4H3/t17-,19-,20-,21?,22+,23+,24?,26+,27-,29?,30?/m1/s1. The molecule has 1 aromatic heterocycles. The summed E-state index contributed by atoms with van der Waals surface area (Å²) >= 11 is 0. The number of aromatic nitrogens is 2. The van der Waals surface area contributed by atoms with Gasteiger partial charge in [-0.05, 0) is 116 Å². The molecular formula is C30H48N2O3. The van der Waals surface area contributed by atoms with E-state index in [1.54, 1.807) is 0 Å². The van der Waals surface area contributed by atoms with E-state index < -0.39 is 0 Å². The Morgan fingerprint density at radius 2 is 1.69 bits per heavy atom. The third kappa shape index (κ3) is 3.85. The molecule has 11 atom stereocenters. The monoisotopic (exact) mass is 484 g/mol. The maximum Gasteiger partial charge on any atom is 0.219 e. The van der Waals surface area contributed by atoms with E-state index in [1.807, 2.05) is 0 Å². The second-order valence-corrected chi connectivity index (χ2v) is 13.9. The molecule has 4 unspecified atom stereocenters. The van der Waals surface area contributed by atoms with E-state index in [0.717, 1.165) is 50.3 Å². The van der Waals surface area contributed by atoms with Gasteiger partial charge in [-0.3, -0.25) is 0 Å². The number of hydrogen-bond acceptors (Lipinski definition) is 5. The lowest BCUT2D eigenvalue weighted by molar-refractivity contribution is -0.203. The van der Waals surface area contributed by atoms with E-state index >= 15 is 0 Å². The number of fused-ring (bicyclic) bond motifs is 5. The minimum atomic E-state index is -0.203. The summed E-state index contributed by atoms with van der Waals surface area (Å²) < 4.78 is 5.96. The van der Waals surface area contributed by atoms with Crippen molar-refractivity contribution in [1.82, 2.24) is 10.2 Å². The first kappa shape index (κ1) is 24.4. The van der Waals surface area contributed by atoms with Crippen LogP contribution in [0.15, 0.2) is 4.42 Å². The molecule has 5 aliphatic rings. The van der Waals surface area contributed by atoms with Crippen molar-refractivity contribution in [2.24, 2.45) is 52.3 Å². The topological polar surface area (TPSA) is 79.4 Å². The van der Waals surface area contributed by atoms with E-state index in [9.17, 15) is 10.2 Å². The Balaban J connectivity index is 1.19. The zero-order valence-electron chi connectivity index (χ0n) is 22.5. The maximum absolute atomic E-state index is 11.9. The number of aliphatic hydroxyl groups excluding tert-OH is 2. The maximum atomic E-state index is 11.9. The smallest absolute Gasteiger partial charge is 0.219 e. The molecule has 35 heavy (non-hydrogen) atoms. The summed E-state index contributed by atoms with van der Waals surface area (Å²) in [6, 6.07) is 0. The van der Waals surface area contributed by atoms with E-state index in [0.29, 0.717) is 52.8 Å². The molecule has 5 aliphatic carbocycles. The van der Waals surface area contributed by atoms with Crippen LogP contribution in [0.4, 0.5) is 0 Å². The molecule has 196 valence electrons. The summed E-state index contributed by atoms with van der Waals surface area (Å²) in [6.07, 6.45) is 13.2. The van der Waals surface area contributed by atoms with Crippen LogP contribution in [0.25, 0.3) is 0 Å². The van der Waals surface area contributed by atoms with Gasteiger partial charge in [-0.15, -0.1) is 10.2 Å². The van der Waals surface area contributed by atoms with Gasteiger partial charge >= 0.3 is 0 Å². The van der Waals surface area contributed by atoms with Crippen LogP contribution in [0.3, 0.4) is 0 Å². The Morgan fingerprint density at radius 3 is 2.43 bits per heavy atom. The highest BCUT2D eigenvalue weighted by atomic mass is 16.4. The third-order valence-corrected chi connectivity index (χ3v) is 12.4. The van der Waals surface area contributed by atoms with Gasteiger partial charge in [-0.25, -0.2) is 0 Å². The lowest BCUT2D eigenvalue weighted by atomic mass is 9.41. The quantitative estimate of drug-likeness (QED) is 0.507. The molecule has 0 aliphatic heterocycles. The van der Waals surface area contributed by atoms with Gasteiger partial charge in [0.15, 0.2) is 0 Å². The SMILES string of the molecule is CC[C@@H]1C2C[C@H](O)CCC2(C)[C@H]2CCC3(C)C([C@H](C)CCc4nnc(C5CC5)o4)CC[C@H]3[C@@H]2[C@@H]1O. The average Bonchev–Trinajstić information content (AvgIpc) is 3.47. The van der Waals surface area contributed by atoms with Crippen LogP contribution >= 0.6 is 0 Å². The Hall–Kier alpha value is -0.940. The van der Waals surface area contributed by atoms with Crippen molar-refractivity contribution in [3.05, 3.63) is 11.8 Å². The number of hydrogen-bond donors (Lipinski definition) is 2. The molecular weight excluding hydrogens is 436 g/mol. The summed E-state index contributed by atoms with van der Waals surface area (Å²) in [5.74, 6) is 6.06. The molecule has 2 N–H and O–H groups in total. The zero-order chi connectivity index (χ0) is 24.5. The molecule has 5 heteroatoms. The lowest BCUT2D eigenvalue weighted by Crippen LogP contribution is -2.62. The fraction of sp³-hybridized carbons (Fsp3) is 0.933. The third-order valence-electron chi connectivity index (χ3n) is 12.4. The molecule has 5 saturated carbocycles. The zero-order valence-corrected chi connectivity index (χ0v) is 22.5. The Labute approximate surface area is 211 Å². The number of rotatable bonds is 6. The Morgan fingerprint density at radius 1 is 0.943 bits per heavy atom. The number of aryl methyl sites for hydroxylation is 1. The van der Waals surface area contributed by atoms with E-state index in [-0.39, 0.29) is 17.6 Å². The van der Waals surface area contributed by atoms with Crippen molar-refractivity contribution in [2.45, 2.75) is 123 Å². The molecule has 1 heterocycles. The molecule has 5 nitrogen and oxygen atoms in total. The van der Waals surface area contributed by atoms with E-state index in [4.69, 9.17) is 4.42 Å². The largest absolute Gasteiger partial charge is 0.425 e. The second kappa shape index (κ2) is 8.82. The molecule has 0 spiro atoms. The van der Waals surface area contributed by atoms with Crippen molar-refractivity contribution in [1.29, 1.82) is 0 Å². The van der Waals surface area contributed by atoms with Crippen LogP contribution in [0, 0.1) is 52.3 Å². The van der Waals surface area contributed by atoms with Crippen LogP contribution in [0.2, 0.25) is 0 Å². The second-order valence-electron chi connectivity index (χ2n) is 13.9. The summed E-state index contributed by atoms with van der Waals surface area (Å²) in [6.45, 7) is 9.83. The normalized spacial score (nSPS) is 48.2. The average molecular weight is 485 g/mol. The van der Waals surface area contributed by atoms with Crippen molar-refractivity contribution in [2.75, 3.05) is 0 Å². The lowest BCUT2D eigenvalue weighted by Gasteiger charge is -2.64. The van der Waals surface area contributed by atoms with Crippen molar-refractivity contribution < 1.29 is 14.6 Å². The first-order valence-electron chi connectivity index (χ1n) is 14.9. The minimum absolute atomic E-state index is 0.171. The highest BCUT2D eigenvalue weighted by Gasteiger charge is 2.64. The first-order chi connectivity index (χ1) is 16.8. The van der Waals surface area contributed by atoms with Crippen LogP contribution in [-0.4, -0.2) is 32.6 Å². The van der Waals surface area contributed by atoms with E-state index in [1.165, 1.54) is 38.5 Å². The fourth-order valence-corrected chi connectivity index (χ4v) is 10.3. The molecule has 0 aromatic carbocycles. The van der Waals surface area contributed by atoms with Crippen molar-refractivity contribution in [3.8, 4) is 0 Å². The Kier molecular flexibility index (Phi) is 6.15.